The monoisotopic (exact) mass is 311 g/mol. The van der Waals surface area contributed by atoms with E-state index in [1.807, 2.05) is 42.5 Å². The van der Waals surface area contributed by atoms with Gasteiger partial charge in [-0.1, -0.05) is 42.5 Å². The molecule has 1 unspecified atom stereocenters. The van der Waals surface area contributed by atoms with Crippen molar-refractivity contribution in [3.8, 4) is 5.75 Å². The Labute approximate surface area is 138 Å². The van der Waals surface area contributed by atoms with Gasteiger partial charge in [0.05, 0.1) is 13.2 Å². The van der Waals surface area contributed by atoms with Crippen molar-refractivity contribution < 1.29 is 9.84 Å². The minimum absolute atomic E-state index is 0.437. The maximum Gasteiger partial charge on any atom is 0.118 e. The molecule has 0 heterocycles. The molecule has 0 spiro atoms. The highest BCUT2D eigenvalue weighted by Gasteiger charge is 2.25. The highest BCUT2D eigenvalue weighted by Crippen LogP contribution is 2.31. The summed E-state index contributed by atoms with van der Waals surface area (Å²) in [5, 5.41) is 10.5. The fourth-order valence-corrected chi connectivity index (χ4v) is 2.88. The van der Waals surface area contributed by atoms with Crippen LogP contribution < -0.4 is 4.74 Å². The summed E-state index contributed by atoms with van der Waals surface area (Å²) in [4.78, 5) is 2.37. The molecule has 3 heteroatoms. The van der Waals surface area contributed by atoms with Gasteiger partial charge >= 0.3 is 0 Å². The molecule has 0 aliphatic heterocycles. The Kier molecular flexibility index (Phi) is 5.31. The first-order chi connectivity index (χ1) is 11.2. The second-order valence-electron chi connectivity index (χ2n) is 6.41. The van der Waals surface area contributed by atoms with Crippen molar-refractivity contribution in [1.29, 1.82) is 0 Å². The molecule has 0 aromatic heterocycles. The summed E-state index contributed by atoms with van der Waals surface area (Å²) in [7, 11) is 1.69. The van der Waals surface area contributed by atoms with Gasteiger partial charge in [-0.25, -0.2) is 0 Å². The minimum atomic E-state index is -0.437. The van der Waals surface area contributed by atoms with Gasteiger partial charge in [0.25, 0.3) is 0 Å². The molecule has 3 nitrogen and oxygen atoms in total. The summed E-state index contributed by atoms with van der Waals surface area (Å²) in [6.07, 6.45) is 2.20. The summed E-state index contributed by atoms with van der Waals surface area (Å²) >= 11 is 0. The summed E-state index contributed by atoms with van der Waals surface area (Å²) < 4.78 is 5.22. The molecule has 1 aliphatic rings. The Morgan fingerprint density at radius 2 is 1.78 bits per heavy atom. The molecule has 122 valence electrons. The topological polar surface area (TPSA) is 32.7 Å². The van der Waals surface area contributed by atoms with Crippen molar-refractivity contribution in [2.24, 2.45) is 5.92 Å². The predicted octanol–water partition coefficient (Wildman–Crippen LogP) is 3.64. The van der Waals surface area contributed by atoms with E-state index in [4.69, 9.17) is 4.74 Å². The summed E-state index contributed by atoms with van der Waals surface area (Å²) in [6.45, 7) is 2.60. The summed E-state index contributed by atoms with van der Waals surface area (Å²) in [5.74, 6) is 1.68. The second-order valence-corrected chi connectivity index (χ2v) is 6.41. The number of hydrogen-bond acceptors (Lipinski definition) is 3. The third-order valence-electron chi connectivity index (χ3n) is 4.39. The van der Waals surface area contributed by atoms with E-state index >= 15 is 0 Å². The Morgan fingerprint density at radius 3 is 2.39 bits per heavy atom. The van der Waals surface area contributed by atoms with Crippen molar-refractivity contribution in [2.75, 3.05) is 20.2 Å². The molecule has 2 aromatic rings. The molecule has 0 saturated heterocycles. The second kappa shape index (κ2) is 7.62. The van der Waals surface area contributed by atoms with E-state index in [0.717, 1.165) is 30.3 Å². The zero-order valence-electron chi connectivity index (χ0n) is 13.7. The summed E-state index contributed by atoms with van der Waals surface area (Å²) in [5.41, 5.74) is 2.25. The molecule has 3 rings (SSSR count). The minimum Gasteiger partial charge on any atom is -0.497 e. The lowest BCUT2D eigenvalue weighted by Gasteiger charge is -2.25. The molecule has 1 saturated carbocycles. The highest BCUT2D eigenvalue weighted by atomic mass is 16.5. The number of aliphatic hydroxyl groups is 1. The quantitative estimate of drug-likeness (QED) is 0.808. The maximum absolute atomic E-state index is 10.5. The number of hydrogen-bond donors (Lipinski definition) is 1. The van der Waals surface area contributed by atoms with Gasteiger partial charge in [-0.05, 0) is 42.0 Å². The van der Waals surface area contributed by atoms with E-state index in [1.165, 1.54) is 18.4 Å². The van der Waals surface area contributed by atoms with Crippen molar-refractivity contribution in [3.05, 3.63) is 65.7 Å². The van der Waals surface area contributed by atoms with Gasteiger partial charge in [0.15, 0.2) is 0 Å². The first kappa shape index (κ1) is 16.0. The van der Waals surface area contributed by atoms with Crippen molar-refractivity contribution in [2.45, 2.75) is 25.5 Å². The number of methoxy groups -OCH3 is 1. The lowest BCUT2D eigenvalue weighted by Crippen LogP contribution is -2.30. The number of ether oxygens (including phenoxy) is 1. The molecule has 1 aliphatic carbocycles. The lowest BCUT2D eigenvalue weighted by atomic mass is 10.1. The van der Waals surface area contributed by atoms with Crippen molar-refractivity contribution >= 4 is 0 Å². The van der Waals surface area contributed by atoms with E-state index in [2.05, 4.69) is 17.0 Å². The van der Waals surface area contributed by atoms with Crippen LogP contribution in [0.1, 0.15) is 30.1 Å². The Bertz CT molecular complexity index is 593. The van der Waals surface area contributed by atoms with Crippen LogP contribution in [0.25, 0.3) is 0 Å². The average Bonchev–Trinajstić information content (AvgIpc) is 3.40. The molecule has 1 N–H and O–H groups in total. The Hall–Kier alpha value is -1.84. The number of aliphatic hydroxyl groups excluding tert-OH is 1. The van der Waals surface area contributed by atoms with Crippen LogP contribution in [0.15, 0.2) is 54.6 Å². The number of benzene rings is 2. The zero-order chi connectivity index (χ0) is 16.1. The first-order valence-electron chi connectivity index (χ1n) is 8.33. The molecule has 1 atom stereocenters. The van der Waals surface area contributed by atoms with Gasteiger partial charge in [-0.2, -0.15) is 0 Å². The molecule has 2 aromatic carbocycles. The fourth-order valence-electron chi connectivity index (χ4n) is 2.88. The van der Waals surface area contributed by atoms with Crippen molar-refractivity contribution in [3.63, 3.8) is 0 Å². The van der Waals surface area contributed by atoms with Crippen molar-refractivity contribution in [1.82, 2.24) is 4.90 Å². The standard InChI is InChI=1S/C20H25NO2/c1-23-19-11-9-17(10-12-19)14-21(13-16-7-8-16)15-20(22)18-5-3-2-4-6-18/h2-6,9-12,16,20,22H,7-8,13-15H2,1H3. The van der Waals surface area contributed by atoms with E-state index in [-0.39, 0.29) is 0 Å². The number of nitrogens with zero attached hydrogens (tertiary/aromatic N) is 1. The van der Waals surface area contributed by atoms with Gasteiger partial charge in [-0.15, -0.1) is 0 Å². The molecular formula is C20H25NO2. The smallest absolute Gasteiger partial charge is 0.118 e. The molecule has 0 radical (unpaired) electrons. The van der Waals surface area contributed by atoms with Crippen LogP contribution >= 0.6 is 0 Å². The van der Waals surface area contributed by atoms with Gasteiger partial charge in [0.2, 0.25) is 0 Å². The van der Waals surface area contributed by atoms with Crippen LogP contribution in [-0.2, 0) is 6.54 Å². The van der Waals surface area contributed by atoms with E-state index < -0.39 is 6.10 Å². The van der Waals surface area contributed by atoms with Crippen LogP contribution in [0.4, 0.5) is 0 Å². The van der Waals surface area contributed by atoms with Gasteiger partial charge in [-0.3, -0.25) is 4.90 Å². The Morgan fingerprint density at radius 1 is 1.09 bits per heavy atom. The first-order valence-corrected chi connectivity index (χ1v) is 8.33. The van der Waals surface area contributed by atoms with E-state index in [1.54, 1.807) is 7.11 Å². The maximum atomic E-state index is 10.5. The lowest BCUT2D eigenvalue weighted by molar-refractivity contribution is 0.106. The van der Waals surface area contributed by atoms with Crippen LogP contribution in [0.2, 0.25) is 0 Å². The van der Waals surface area contributed by atoms with E-state index in [9.17, 15) is 5.11 Å². The molecule has 0 amide bonds. The number of rotatable bonds is 8. The van der Waals surface area contributed by atoms with Crippen LogP contribution in [-0.4, -0.2) is 30.2 Å². The summed E-state index contributed by atoms with van der Waals surface area (Å²) in [6, 6.07) is 18.1. The molecule has 0 bridgehead atoms. The zero-order valence-corrected chi connectivity index (χ0v) is 13.7. The Balaban J connectivity index is 1.64. The van der Waals surface area contributed by atoms with E-state index in [0.29, 0.717) is 6.54 Å². The van der Waals surface area contributed by atoms with Crippen LogP contribution in [0.5, 0.6) is 5.75 Å². The van der Waals surface area contributed by atoms with Crippen LogP contribution in [0.3, 0.4) is 0 Å². The third-order valence-corrected chi connectivity index (χ3v) is 4.39. The van der Waals surface area contributed by atoms with Gasteiger partial charge in [0.1, 0.15) is 5.75 Å². The highest BCUT2D eigenvalue weighted by molar-refractivity contribution is 5.27. The van der Waals surface area contributed by atoms with Gasteiger partial charge in [0, 0.05) is 19.6 Å². The molecule has 1 fully saturated rings. The third kappa shape index (κ3) is 4.81. The molecule has 23 heavy (non-hydrogen) atoms. The average molecular weight is 311 g/mol. The van der Waals surface area contributed by atoms with Crippen LogP contribution in [0, 0.1) is 5.92 Å². The fraction of sp³-hybridized carbons (Fsp3) is 0.400. The molecular weight excluding hydrogens is 286 g/mol. The predicted molar refractivity (Wildman–Crippen MR) is 92.4 cm³/mol. The normalized spacial score (nSPS) is 15.6. The largest absolute Gasteiger partial charge is 0.497 e. The SMILES string of the molecule is COc1ccc(CN(CC2CC2)CC(O)c2ccccc2)cc1. The van der Waals surface area contributed by atoms with Gasteiger partial charge < -0.3 is 9.84 Å².